The fraction of sp³-hybridized carbons (Fsp3) is 0.0435. The van der Waals surface area contributed by atoms with Gasteiger partial charge in [-0.1, -0.05) is 18.2 Å². The number of benzene rings is 2. The van der Waals surface area contributed by atoms with Crippen LogP contribution in [0.15, 0.2) is 78.4 Å². The van der Waals surface area contributed by atoms with Gasteiger partial charge in [-0.25, -0.2) is 4.98 Å². The van der Waals surface area contributed by atoms with E-state index in [2.05, 4.69) is 15.3 Å². The van der Waals surface area contributed by atoms with E-state index in [9.17, 15) is 9.59 Å². The summed E-state index contributed by atoms with van der Waals surface area (Å²) in [7, 11) is 0. The first-order valence-corrected chi connectivity index (χ1v) is 10.0. The van der Waals surface area contributed by atoms with Crippen molar-refractivity contribution < 1.29 is 14.3 Å². The summed E-state index contributed by atoms with van der Waals surface area (Å²) in [5.41, 5.74) is 3.73. The van der Waals surface area contributed by atoms with Gasteiger partial charge < -0.3 is 10.1 Å². The highest BCUT2D eigenvalue weighted by Crippen LogP contribution is 2.29. The summed E-state index contributed by atoms with van der Waals surface area (Å²) >= 11 is 1.54. The lowest BCUT2D eigenvalue weighted by molar-refractivity contribution is -0.131. The van der Waals surface area contributed by atoms with Crippen LogP contribution in [-0.2, 0) is 4.79 Å². The maximum Gasteiger partial charge on any atom is 0.308 e. The number of amides is 1. The van der Waals surface area contributed by atoms with Crippen LogP contribution in [-0.4, -0.2) is 21.8 Å². The van der Waals surface area contributed by atoms with Crippen LogP contribution in [0.25, 0.3) is 21.8 Å². The minimum Gasteiger partial charge on any atom is -0.427 e. The number of rotatable bonds is 5. The smallest absolute Gasteiger partial charge is 0.308 e. The number of pyridine rings is 1. The molecule has 0 fully saturated rings. The molecule has 2 aromatic carbocycles. The molecule has 7 heteroatoms. The van der Waals surface area contributed by atoms with Crippen molar-refractivity contribution in [1.82, 2.24) is 9.97 Å². The number of thiazole rings is 1. The van der Waals surface area contributed by atoms with Gasteiger partial charge in [0.05, 0.1) is 5.69 Å². The number of nitrogens with zero attached hydrogens (tertiary/aromatic N) is 2. The van der Waals surface area contributed by atoms with Crippen LogP contribution in [0.2, 0.25) is 0 Å². The molecule has 0 aliphatic carbocycles. The van der Waals surface area contributed by atoms with E-state index in [-0.39, 0.29) is 5.91 Å². The second-order valence-electron chi connectivity index (χ2n) is 6.44. The Morgan fingerprint density at radius 1 is 1.00 bits per heavy atom. The number of carbonyl (C=O) groups excluding carboxylic acids is 2. The Bertz CT molecular complexity index is 1210. The zero-order valence-corrected chi connectivity index (χ0v) is 16.8. The van der Waals surface area contributed by atoms with Gasteiger partial charge in [-0.05, 0) is 42.5 Å². The predicted octanol–water partition coefficient (Wildman–Crippen LogP) is 5.05. The van der Waals surface area contributed by atoms with Gasteiger partial charge in [0.2, 0.25) is 0 Å². The van der Waals surface area contributed by atoms with E-state index < -0.39 is 5.97 Å². The quantitative estimate of drug-likeness (QED) is 0.364. The highest BCUT2D eigenvalue weighted by Gasteiger charge is 2.11. The first-order chi connectivity index (χ1) is 14.6. The average molecular weight is 415 g/mol. The van der Waals surface area contributed by atoms with E-state index in [1.54, 1.807) is 41.9 Å². The second kappa shape index (κ2) is 8.67. The number of anilines is 1. The van der Waals surface area contributed by atoms with Crippen LogP contribution in [0, 0.1) is 0 Å². The number of aromatic nitrogens is 2. The molecule has 0 aliphatic rings. The van der Waals surface area contributed by atoms with Gasteiger partial charge in [-0.2, -0.15) is 0 Å². The van der Waals surface area contributed by atoms with Crippen LogP contribution < -0.4 is 10.1 Å². The summed E-state index contributed by atoms with van der Waals surface area (Å²) in [4.78, 5) is 32.6. The van der Waals surface area contributed by atoms with Crippen molar-refractivity contribution in [3.8, 4) is 27.6 Å². The van der Waals surface area contributed by atoms with Crippen LogP contribution in [0.1, 0.15) is 17.3 Å². The number of esters is 1. The first-order valence-electron chi connectivity index (χ1n) is 9.15. The van der Waals surface area contributed by atoms with E-state index >= 15 is 0 Å². The van der Waals surface area contributed by atoms with E-state index in [0.717, 1.165) is 21.8 Å². The van der Waals surface area contributed by atoms with E-state index in [0.29, 0.717) is 17.0 Å². The van der Waals surface area contributed by atoms with Crippen molar-refractivity contribution in [3.05, 3.63) is 84.0 Å². The van der Waals surface area contributed by atoms with Gasteiger partial charge in [-0.3, -0.25) is 14.6 Å². The molecule has 30 heavy (non-hydrogen) atoms. The number of nitrogens with one attached hydrogen (secondary N) is 1. The summed E-state index contributed by atoms with van der Waals surface area (Å²) in [5, 5.41) is 5.74. The molecular formula is C23H17N3O3S. The van der Waals surface area contributed by atoms with Gasteiger partial charge in [0.1, 0.15) is 10.8 Å². The maximum absolute atomic E-state index is 12.6. The number of ether oxygens (including phenoxy) is 1. The van der Waals surface area contributed by atoms with Gasteiger partial charge >= 0.3 is 5.97 Å². The van der Waals surface area contributed by atoms with Crippen molar-refractivity contribution in [3.63, 3.8) is 0 Å². The van der Waals surface area contributed by atoms with E-state index in [1.165, 1.54) is 13.0 Å². The summed E-state index contributed by atoms with van der Waals surface area (Å²) < 4.78 is 5.04. The zero-order valence-electron chi connectivity index (χ0n) is 16.0. The first kappa shape index (κ1) is 19.5. The third kappa shape index (κ3) is 4.59. The lowest BCUT2D eigenvalue weighted by Crippen LogP contribution is -2.12. The van der Waals surface area contributed by atoms with E-state index in [4.69, 9.17) is 4.74 Å². The second-order valence-corrected chi connectivity index (χ2v) is 7.29. The molecule has 2 aromatic heterocycles. The maximum atomic E-state index is 12.6. The van der Waals surface area contributed by atoms with Gasteiger partial charge in [0, 0.05) is 47.1 Å². The van der Waals surface area contributed by atoms with Crippen molar-refractivity contribution >= 4 is 28.9 Å². The lowest BCUT2D eigenvalue weighted by Gasteiger charge is -2.08. The SMILES string of the molecule is CC(=O)Oc1cccc(C(=O)Nc2cccc(-c3csc(-c4cccnc4)n3)c2)c1. The largest absolute Gasteiger partial charge is 0.427 e. The molecule has 0 saturated carbocycles. The Balaban J connectivity index is 1.52. The van der Waals surface area contributed by atoms with Crippen LogP contribution in [0.4, 0.5) is 5.69 Å². The molecule has 1 N–H and O–H groups in total. The summed E-state index contributed by atoms with van der Waals surface area (Å²) in [6, 6.07) is 17.8. The molecule has 148 valence electrons. The topological polar surface area (TPSA) is 81.2 Å². The fourth-order valence-corrected chi connectivity index (χ4v) is 3.67. The van der Waals surface area contributed by atoms with Crippen molar-refractivity contribution in [1.29, 1.82) is 0 Å². The number of hydrogen-bond acceptors (Lipinski definition) is 6. The Labute approximate surface area is 177 Å². The normalized spacial score (nSPS) is 10.4. The molecule has 6 nitrogen and oxygen atoms in total. The minimum atomic E-state index is -0.436. The van der Waals surface area contributed by atoms with Gasteiger partial charge in [0.15, 0.2) is 0 Å². The molecule has 0 bridgehead atoms. The van der Waals surface area contributed by atoms with Gasteiger partial charge in [-0.15, -0.1) is 11.3 Å². The molecule has 2 heterocycles. The van der Waals surface area contributed by atoms with Crippen molar-refractivity contribution in [2.45, 2.75) is 6.92 Å². The van der Waals surface area contributed by atoms with Crippen LogP contribution >= 0.6 is 11.3 Å². The van der Waals surface area contributed by atoms with Crippen molar-refractivity contribution in [2.75, 3.05) is 5.32 Å². The molecule has 4 aromatic rings. The third-order valence-electron chi connectivity index (χ3n) is 4.19. The lowest BCUT2D eigenvalue weighted by atomic mass is 10.1. The molecule has 0 radical (unpaired) electrons. The van der Waals surface area contributed by atoms with Crippen molar-refractivity contribution in [2.24, 2.45) is 0 Å². The Kier molecular flexibility index (Phi) is 5.63. The Morgan fingerprint density at radius 2 is 1.83 bits per heavy atom. The molecular weight excluding hydrogens is 398 g/mol. The minimum absolute atomic E-state index is 0.296. The summed E-state index contributed by atoms with van der Waals surface area (Å²) in [5.74, 6) is -0.404. The highest BCUT2D eigenvalue weighted by atomic mass is 32.1. The monoisotopic (exact) mass is 415 g/mol. The average Bonchev–Trinajstić information content (AvgIpc) is 3.25. The van der Waals surface area contributed by atoms with Crippen LogP contribution in [0.3, 0.4) is 0 Å². The fourth-order valence-electron chi connectivity index (χ4n) is 2.85. The van der Waals surface area contributed by atoms with Crippen LogP contribution in [0.5, 0.6) is 5.75 Å². The molecule has 0 spiro atoms. The van der Waals surface area contributed by atoms with Gasteiger partial charge in [0.25, 0.3) is 5.91 Å². The summed E-state index contributed by atoms with van der Waals surface area (Å²) in [6.45, 7) is 1.32. The highest BCUT2D eigenvalue weighted by molar-refractivity contribution is 7.13. The molecule has 0 unspecified atom stereocenters. The Morgan fingerprint density at radius 3 is 2.63 bits per heavy atom. The number of carbonyl (C=O) groups is 2. The Hall–Kier alpha value is -3.84. The number of hydrogen-bond donors (Lipinski definition) is 1. The van der Waals surface area contributed by atoms with E-state index in [1.807, 2.05) is 41.8 Å². The molecule has 0 saturated heterocycles. The molecule has 1 amide bonds. The zero-order chi connectivity index (χ0) is 20.9. The predicted molar refractivity (Wildman–Crippen MR) is 116 cm³/mol. The molecule has 4 rings (SSSR count). The third-order valence-corrected chi connectivity index (χ3v) is 5.08. The molecule has 0 aliphatic heterocycles. The summed E-state index contributed by atoms with van der Waals surface area (Å²) in [6.07, 6.45) is 3.51. The molecule has 0 atom stereocenters. The standard InChI is InChI=1S/C23H17N3O3S/c1-15(27)29-20-9-3-6-17(12-20)22(28)25-19-8-2-5-16(11-19)21-14-30-23(26-21)18-7-4-10-24-13-18/h2-14H,1H3,(H,25,28).